The first kappa shape index (κ1) is 11.5. The smallest absolute Gasteiger partial charge is 0.123 e. The standard InChI is InChI=1S/C12H18FN3/c13-11-3-1-9(2-4-11)12(16-14)10-5-7-15-8-6-10/h1-4,10,12,15-16H,5-8,14H2/t12-/m1/s1. The molecule has 1 saturated heterocycles. The zero-order valence-corrected chi connectivity index (χ0v) is 9.25. The Morgan fingerprint density at radius 3 is 2.44 bits per heavy atom. The lowest BCUT2D eigenvalue weighted by Crippen LogP contribution is -2.39. The minimum absolute atomic E-state index is 0.127. The molecule has 0 spiro atoms. The summed E-state index contributed by atoms with van der Waals surface area (Å²) < 4.78 is 12.8. The molecule has 1 aliphatic heterocycles. The lowest BCUT2D eigenvalue weighted by molar-refractivity contribution is 0.285. The summed E-state index contributed by atoms with van der Waals surface area (Å²) in [4.78, 5) is 0. The second kappa shape index (κ2) is 5.39. The van der Waals surface area contributed by atoms with Crippen LogP contribution < -0.4 is 16.6 Å². The molecule has 1 aromatic carbocycles. The van der Waals surface area contributed by atoms with E-state index in [1.807, 2.05) is 12.1 Å². The molecule has 4 heteroatoms. The number of piperidine rings is 1. The van der Waals surface area contributed by atoms with Crippen LogP contribution in [0.25, 0.3) is 0 Å². The molecule has 1 aliphatic rings. The van der Waals surface area contributed by atoms with Crippen molar-refractivity contribution >= 4 is 0 Å². The third kappa shape index (κ3) is 2.58. The molecule has 0 aromatic heterocycles. The molecule has 16 heavy (non-hydrogen) atoms. The first-order valence-electron chi connectivity index (χ1n) is 5.73. The number of hydrogen-bond acceptors (Lipinski definition) is 3. The van der Waals surface area contributed by atoms with Gasteiger partial charge < -0.3 is 5.32 Å². The molecule has 0 bridgehead atoms. The van der Waals surface area contributed by atoms with Gasteiger partial charge in [0.1, 0.15) is 5.82 Å². The third-order valence-electron chi connectivity index (χ3n) is 3.26. The highest BCUT2D eigenvalue weighted by Gasteiger charge is 2.23. The lowest BCUT2D eigenvalue weighted by Gasteiger charge is -2.30. The van der Waals surface area contributed by atoms with Crippen molar-refractivity contribution in [1.29, 1.82) is 0 Å². The van der Waals surface area contributed by atoms with Gasteiger partial charge in [-0.25, -0.2) is 4.39 Å². The maximum absolute atomic E-state index is 12.8. The Labute approximate surface area is 95.2 Å². The van der Waals surface area contributed by atoms with Crippen LogP contribution >= 0.6 is 0 Å². The fourth-order valence-corrected chi connectivity index (χ4v) is 2.35. The Balaban J connectivity index is 2.11. The highest BCUT2D eigenvalue weighted by Crippen LogP contribution is 2.28. The van der Waals surface area contributed by atoms with Crippen LogP contribution in [0.3, 0.4) is 0 Å². The number of rotatable bonds is 3. The van der Waals surface area contributed by atoms with E-state index in [9.17, 15) is 4.39 Å². The molecule has 0 unspecified atom stereocenters. The molecule has 0 radical (unpaired) electrons. The molecule has 3 nitrogen and oxygen atoms in total. The van der Waals surface area contributed by atoms with Crippen LogP contribution in [-0.4, -0.2) is 13.1 Å². The SMILES string of the molecule is NN[C@H](c1ccc(F)cc1)C1CCNCC1. The summed E-state index contributed by atoms with van der Waals surface area (Å²) in [5.74, 6) is 5.93. The second-order valence-corrected chi connectivity index (χ2v) is 4.28. The molecule has 0 saturated carbocycles. The minimum atomic E-state index is -0.204. The van der Waals surface area contributed by atoms with Gasteiger partial charge >= 0.3 is 0 Å². The zero-order valence-electron chi connectivity index (χ0n) is 9.25. The molecular weight excluding hydrogens is 205 g/mol. The van der Waals surface area contributed by atoms with Crippen molar-refractivity contribution in [2.24, 2.45) is 11.8 Å². The molecular formula is C12H18FN3. The fourth-order valence-electron chi connectivity index (χ4n) is 2.35. The molecule has 1 atom stereocenters. The van der Waals surface area contributed by atoms with Gasteiger partial charge in [0.2, 0.25) is 0 Å². The van der Waals surface area contributed by atoms with Crippen molar-refractivity contribution in [3.63, 3.8) is 0 Å². The van der Waals surface area contributed by atoms with E-state index in [2.05, 4.69) is 10.7 Å². The minimum Gasteiger partial charge on any atom is -0.317 e. The Hall–Kier alpha value is -0.970. The largest absolute Gasteiger partial charge is 0.317 e. The van der Waals surface area contributed by atoms with Crippen molar-refractivity contribution in [2.75, 3.05) is 13.1 Å². The van der Waals surface area contributed by atoms with E-state index in [4.69, 9.17) is 5.84 Å². The molecule has 88 valence electrons. The van der Waals surface area contributed by atoms with Crippen LogP contribution in [0, 0.1) is 11.7 Å². The van der Waals surface area contributed by atoms with Crippen molar-refractivity contribution in [3.8, 4) is 0 Å². The van der Waals surface area contributed by atoms with Crippen molar-refractivity contribution in [1.82, 2.24) is 10.7 Å². The van der Waals surface area contributed by atoms with E-state index in [1.165, 1.54) is 12.1 Å². The van der Waals surface area contributed by atoms with E-state index < -0.39 is 0 Å². The summed E-state index contributed by atoms with van der Waals surface area (Å²) in [6.45, 7) is 2.06. The topological polar surface area (TPSA) is 50.1 Å². The summed E-state index contributed by atoms with van der Waals surface area (Å²) in [7, 11) is 0. The van der Waals surface area contributed by atoms with Gasteiger partial charge in [0.05, 0.1) is 0 Å². The Morgan fingerprint density at radius 2 is 1.88 bits per heavy atom. The van der Waals surface area contributed by atoms with Crippen LogP contribution in [0.15, 0.2) is 24.3 Å². The molecule has 1 aromatic rings. The average molecular weight is 223 g/mol. The van der Waals surface area contributed by atoms with Crippen LogP contribution in [0.5, 0.6) is 0 Å². The van der Waals surface area contributed by atoms with E-state index in [0.717, 1.165) is 31.5 Å². The molecule has 1 fully saturated rings. The van der Waals surface area contributed by atoms with E-state index >= 15 is 0 Å². The van der Waals surface area contributed by atoms with Gasteiger partial charge in [-0.2, -0.15) is 0 Å². The molecule has 0 aliphatic carbocycles. The van der Waals surface area contributed by atoms with Gasteiger partial charge in [-0.05, 0) is 49.5 Å². The number of benzene rings is 1. The van der Waals surface area contributed by atoms with Gasteiger partial charge in [0.25, 0.3) is 0 Å². The molecule has 1 heterocycles. The maximum atomic E-state index is 12.8. The summed E-state index contributed by atoms with van der Waals surface area (Å²) in [5.41, 5.74) is 3.92. The maximum Gasteiger partial charge on any atom is 0.123 e. The Kier molecular flexibility index (Phi) is 3.88. The quantitative estimate of drug-likeness (QED) is 0.535. The third-order valence-corrected chi connectivity index (χ3v) is 3.26. The predicted molar refractivity (Wildman–Crippen MR) is 62.1 cm³/mol. The lowest BCUT2D eigenvalue weighted by atomic mass is 9.86. The number of nitrogens with one attached hydrogen (secondary N) is 2. The second-order valence-electron chi connectivity index (χ2n) is 4.28. The number of hydrogen-bond donors (Lipinski definition) is 3. The van der Waals surface area contributed by atoms with Gasteiger partial charge in [-0.15, -0.1) is 0 Å². The predicted octanol–water partition coefficient (Wildman–Crippen LogP) is 1.33. The highest BCUT2D eigenvalue weighted by molar-refractivity contribution is 5.20. The Bertz CT molecular complexity index is 320. The van der Waals surface area contributed by atoms with Gasteiger partial charge in [0.15, 0.2) is 0 Å². The van der Waals surface area contributed by atoms with Crippen molar-refractivity contribution in [3.05, 3.63) is 35.6 Å². The zero-order chi connectivity index (χ0) is 11.4. The molecule has 2 rings (SSSR count). The van der Waals surface area contributed by atoms with Gasteiger partial charge in [-0.3, -0.25) is 11.3 Å². The van der Waals surface area contributed by atoms with E-state index in [0.29, 0.717) is 5.92 Å². The fraction of sp³-hybridized carbons (Fsp3) is 0.500. The summed E-state index contributed by atoms with van der Waals surface area (Å²) in [6, 6.07) is 6.72. The average Bonchev–Trinajstić information content (AvgIpc) is 2.34. The molecule has 0 amide bonds. The monoisotopic (exact) mass is 223 g/mol. The van der Waals surface area contributed by atoms with E-state index in [1.54, 1.807) is 0 Å². The van der Waals surface area contributed by atoms with Crippen LogP contribution in [-0.2, 0) is 0 Å². The van der Waals surface area contributed by atoms with Crippen LogP contribution in [0.1, 0.15) is 24.4 Å². The first-order chi connectivity index (χ1) is 7.81. The van der Waals surface area contributed by atoms with Crippen molar-refractivity contribution < 1.29 is 4.39 Å². The molecule has 4 N–H and O–H groups in total. The Morgan fingerprint density at radius 1 is 1.25 bits per heavy atom. The van der Waals surface area contributed by atoms with Crippen LogP contribution in [0.4, 0.5) is 4.39 Å². The normalized spacial score (nSPS) is 19.6. The van der Waals surface area contributed by atoms with Crippen LogP contribution in [0.2, 0.25) is 0 Å². The number of nitrogens with two attached hydrogens (primary N) is 1. The highest BCUT2D eigenvalue weighted by atomic mass is 19.1. The van der Waals surface area contributed by atoms with Crippen molar-refractivity contribution in [2.45, 2.75) is 18.9 Å². The summed E-state index contributed by atoms with van der Waals surface area (Å²) >= 11 is 0. The van der Waals surface area contributed by atoms with Gasteiger partial charge in [0, 0.05) is 6.04 Å². The first-order valence-corrected chi connectivity index (χ1v) is 5.73. The van der Waals surface area contributed by atoms with Gasteiger partial charge in [-0.1, -0.05) is 12.1 Å². The number of hydrazine groups is 1. The van der Waals surface area contributed by atoms with E-state index in [-0.39, 0.29) is 11.9 Å². The summed E-state index contributed by atoms with van der Waals surface area (Å²) in [5, 5.41) is 3.33. The number of halogens is 1. The summed E-state index contributed by atoms with van der Waals surface area (Å²) in [6.07, 6.45) is 2.21.